The van der Waals surface area contributed by atoms with E-state index in [0.717, 1.165) is 19.5 Å². The molecule has 2 rings (SSSR count). The Morgan fingerprint density at radius 2 is 2.11 bits per heavy atom. The van der Waals surface area contributed by atoms with Gasteiger partial charge in [-0.2, -0.15) is 0 Å². The molecule has 0 aromatic heterocycles. The van der Waals surface area contributed by atoms with Crippen LogP contribution in [-0.2, 0) is 16.1 Å². The summed E-state index contributed by atoms with van der Waals surface area (Å²) in [6, 6.07) is 10.8. The molecule has 1 aliphatic rings. The highest BCUT2D eigenvalue weighted by Gasteiger charge is 2.25. The van der Waals surface area contributed by atoms with Crippen LogP contribution in [0.25, 0.3) is 0 Å². The van der Waals surface area contributed by atoms with Crippen molar-refractivity contribution in [2.75, 3.05) is 13.2 Å². The molecule has 3 heteroatoms. The van der Waals surface area contributed by atoms with Crippen LogP contribution in [0.5, 0.6) is 0 Å². The zero-order valence-electron chi connectivity index (χ0n) is 11.7. The SMILES string of the molecule is CCOC(=O)C[C@H]1CCCCN1Cc1ccccc1. The third kappa shape index (κ3) is 4.35. The minimum atomic E-state index is -0.0625. The fraction of sp³-hybridized carbons (Fsp3) is 0.562. The molecule has 1 aromatic rings. The van der Waals surface area contributed by atoms with E-state index in [9.17, 15) is 4.79 Å². The first-order valence-corrected chi connectivity index (χ1v) is 7.23. The molecule has 1 atom stereocenters. The maximum atomic E-state index is 11.7. The lowest BCUT2D eigenvalue weighted by atomic mass is 9.98. The second-order valence-corrected chi connectivity index (χ2v) is 5.11. The van der Waals surface area contributed by atoms with Gasteiger partial charge in [0.2, 0.25) is 0 Å². The van der Waals surface area contributed by atoms with E-state index in [1.54, 1.807) is 0 Å². The van der Waals surface area contributed by atoms with E-state index in [2.05, 4.69) is 29.2 Å². The Morgan fingerprint density at radius 1 is 1.32 bits per heavy atom. The fourth-order valence-electron chi connectivity index (χ4n) is 2.73. The van der Waals surface area contributed by atoms with Crippen LogP contribution in [0, 0.1) is 0 Å². The van der Waals surface area contributed by atoms with Crippen LogP contribution >= 0.6 is 0 Å². The van der Waals surface area contributed by atoms with Gasteiger partial charge in [0.25, 0.3) is 0 Å². The lowest BCUT2D eigenvalue weighted by Crippen LogP contribution is -2.40. The predicted molar refractivity (Wildman–Crippen MR) is 75.7 cm³/mol. The Bertz CT molecular complexity index is 391. The second-order valence-electron chi connectivity index (χ2n) is 5.11. The summed E-state index contributed by atoms with van der Waals surface area (Å²) in [5.74, 6) is -0.0625. The molecular formula is C16H23NO2. The van der Waals surface area contributed by atoms with E-state index in [4.69, 9.17) is 4.74 Å². The Labute approximate surface area is 115 Å². The van der Waals surface area contributed by atoms with Crippen molar-refractivity contribution >= 4 is 5.97 Å². The van der Waals surface area contributed by atoms with Gasteiger partial charge in [0.1, 0.15) is 0 Å². The summed E-state index contributed by atoms with van der Waals surface area (Å²) in [6.45, 7) is 4.36. The maximum absolute atomic E-state index is 11.7. The van der Waals surface area contributed by atoms with Crippen molar-refractivity contribution in [1.82, 2.24) is 4.90 Å². The van der Waals surface area contributed by atoms with Gasteiger partial charge in [0.15, 0.2) is 0 Å². The lowest BCUT2D eigenvalue weighted by molar-refractivity contribution is -0.145. The highest BCUT2D eigenvalue weighted by Crippen LogP contribution is 2.22. The molecule has 104 valence electrons. The number of nitrogens with zero attached hydrogens (tertiary/aromatic N) is 1. The largest absolute Gasteiger partial charge is 0.466 e. The quantitative estimate of drug-likeness (QED) is 0.763. The first kappa shape index (κ1) is 14.1. The smallest absolute Gasteiger partial charge is 0.307 e. The molecule has 0 spiro atoms. The minimum absolute atomic E-state index is 0.0625. The van der Waals surface area contributed by atoms with Crippen LogP contribution in [0.2, 0.25) is 0 Å². The molecule has 19 heavy (non-hydrogen) atoms. The van der Waals surface area contributed by atoms with E-state index in [0.29, 0.717) is 19.1 Å². The first-order chi connectivity index (χ1) is 9.29. The molecule has 1 saturated heterocycles. The highest BCUT2D eigenvalue weighted by atomic mass is 16.5. The van der Waals surface area contributed by atoms with Crippen molar-refractivity contribution in [3.8, 4) is 0 Å². The number of hydrogen-bond acceptors (Lipinski definition) is 3. The van der Waals surface area contributed by atoms with Gasteiger partial charge in [-0.05, 0) is 31.9 Å². The number of rotatable bonds is 5. The molecule has 0 radical (unpaired) electrons. The Kier molecular flexibility index (Phi) is 5.40. The van der Waals surface area contributed by atoms with Crippen LogP contribution in [0.4, 0.5) is 0 Å². The first-order valence-electron chi connectivity index (χ1n) is 7.23. The number of carbonyl (C=O) groups is 1. The molecule has 0 bridgehead atoms. The lowest BCUT2D eigenvalue weighted by Gasteiger charge is -2.35. The van der Waals surface area contributed by atoms with Gasteiger partial charge < -0.3 is 4.74 Å². The van der Waals surface area contributed by atoms with Crippen molar-refractivity contribution in [2.24, 2.45) is 0 Å². The Balaban J connectivity index is 1.94. The molecule has 0 N–H and O–H groups in total. The third-order valence-electron chi connectivity index (χ3n) is 3.69. The predicted octanol–water partition coefficient (Wildman–Crippen LogP) is 2.99. The van der Waals surface area contributed by atoms with E-state index >= 15 is 0 Å². The van der Waals surface area contributed by atoms with E-state index < -0.39 is 0 Å². The van der Waals surface area contributed by atoms with Gasteiger partial charge in [0, 0.05) is 12.6 Å². The summed E-state index contributed by atoms with van der Waals surface area (Å²) in [4.78, 5) is 14.1. The number of esters is 1. The van der Waals surface area contributed by atoms with E-state index in [1.807, 2.05) is 13.0 Å². The summed E-state index contributed by atoms with van der Waals surface area (Å²) < 4.78 is 5.08. The molecule has 1 fully saturated rings. The average Bonchev–Trinajstić information content (AvgIpc) is 2.42. The molecule has 1 aliphatic heterocycles. The van der Waals surface area contributed by atoms with Crippen LogP contribution < -0.4 is 0 Å². The number of hydrogen-bond donors (Lipinski definition) is 0. The van der Waals surface area contributed by atoms with Gasteiger partial charge in [-0.1, -0.05) is 36.8 Å². The molecule has 0 aliphatic carbocycles. The van der Waals surface area contributed by atoms with Crippen LogP contribution in [-0.4, -0.2) is 30.1 Å². The van der Waals surface area contributed by atoms with Crippen molar-refractivity contribution in [2.45, 2.75) is 45.2 Å². The number of likely N-dealkylation sites (tertiary alicyclic amines) is 1. The fourth-order valence-corrected chi connectivity index (χ4v) is 2.73. The molecule has 0 saturated carbocycles. The maximum Gasteiger partial charge on any atom is 0.307 e. The molecule has 0 amide bonds. The summed E-state index contributed by atoms with van der Waals surface area (Å²) >= 11 is 0. The molecule has 3 nitrogen and oxygen atoms in total. The molecular weight excluding hydrogens is 238 g/mol. The van der Waals surface area contributed by atoms with E-state index in [1.165, 1.54) is 18.4 Å². The van der Waals surface area contributed by atoms with Crippen LogP contribution in [0.1, 0.15) is 38.2 Å². The topological polar surface area (TPSA) is 29.5 Å². The second kappa shape index (κ2) is 7.29. The molecule has 1 aromatic carbocycles. The van der Waals surface area contributed by atoms with Crippen molar-refractivity contribution in [1.29, 1.82) is 0 Å². The third-order valence-corrected chi connectivity index (χ3v) is 3.69. The van der Waals surface area contributed by atoms with E-state index in [-0.39, 0.29) is 5.97 Å². The van der Waals surface area contributed by atoms with Crippen molar-refractivity contribution < 1.29 is 9.53 Å². The molecule has 0 unspecified atom stereocenters. The van der Waals surface area contributed by atoms with Crippen LogP contribution in [0.3, 0.4) is 0 Å². The van der Waals surface area contributed by atoms with Crippen molar-refractivity contribution in [3.63, 3.8) is 0 Å². The van der Waals surface area contributed by atoms with Gasteiger partial charge in [-0.15, -0.1) is 0 Å². The number of carbonyl (C=O) groups excluding carboxylic acids is 1. The van der Waals surface area contributed by atoms with Gasteiger partial charge in [-0.3, -0.25) is 9.69 Å². The number of piperidine rings is 1. The monoisotopic (exact) mass is 261 g/mol. The number of benzene rings is 1. The average molecular weight is 261 g/mol. The summed E-state index contributed by atoms with van der Waals surface area (Å²) in [7, 11) is 0. The highest BCUT2D eigenvalue weighted by molar-refractivity contribution is 5.70. The van der Waals surface area contributed by atoms with Gasteiger partial charge >= 0.3 is 5.97 Å². The minimum Gasteiger partial charge on any atom is -0.466 e. The number of ether oxygens (including phenoxy) is 1. The summed E-state index contributed by atoms with van der Waals surface area (Å²) in [5.41, 5.74) is 1.32. The zero-order chi connectivity index (χ0) is 13.5. The Hall–Kier alpha value is -1.35. The summed E-state index contributed by atoms with van der Waals surface area (Å²) in [6.07, 6.45) is 4.08. The summed E-state index contributed by atoms with van der Waals surface area (Å²) in [5, 5.41) is 0. The molecule has 1 heterocycles. The van der Waals surface area contributed by atoms with Gasteiger partial charge in [-0.25, -0.2) is 0 Å². The normalized spacial score (nSPS) is 20.2. The Morgan fingerprint density at radius 3 is 2.84 bits per heavy atom. The van der Waals surface area contributed by atoms with Crippen LogP contribution in [0.15, 0.2) is 30.3 Å². The van der Waals surface area contributed by atoms with Gasteiger partial charge in [0.05, 0.1) is 13.0 Å². The standard InChI is InChI=1S/C16H23NO2/c1-2-19-16(18)12-15-10-6-7-11-17(15)13-14-8-4-3-5-9-14/h3-5,8-9,15H,2,6-7,10-13H2,1H3/t15-/m1/s1. The zero-order valence-corrected chi connectivity index (χ0v) is 11.7. The van der Waals surface area contributed by atoms with Crippen molar-refractivity contribution in [3.05, 3.63) is 35.9 Å².